The number of aliphatic hydroxyl groups excluding tert-OH is 1. The molecule has 0 bridgehead atoms. The molecule has 0 saturated carbocycles. The maximum absolute atomic E-state index is 13.9. The molecule has 1 atom stereocenters. The van der Waals surface area contributed by atoms with Gasteiger partial charge in [-0.1, -0.05) is 37.3 Å². The van der Waals surface area contributed by atoms with E-state index in [9.17, 15) is 27.5 Å². The lowest BCUT2D eigenvalue weighted by Gasteiger charge is -2.23. The largest absolute Gasteiger partial charge is 0.455 e. The van der Waals surface area contributed by atoms with Crippen LogP contribution in [-0.2, 0) is 14.8 Å². The van der Waals surface area contributed by atoms with Crippen LogP contribution < -0.4 is 14.9 Å². The number of likely N-dealkylation sites (N-methyl/N-ethyl adjacent to an activating group) is 1. The topological polar surface area (TPSA) is 155 Å². The molecule has 2 aliphatic rings. The van der Waals surface area contributed by atoms with Crippen LogP contribution in [0, 0.1) is 0 Å². The molecule has 0 aliphatic heterocycles. The number of hydrogen-bond donors (Lipinski definition) is 3. The smallest absolute Gasteiger partial charge is 0.261 e. The molecule has 53 heavy (non-hydrogen) atoms. The lowest BCUT2D eigenvalue weighted by Crippen LogP contribution is -2.36. The van der Waals surface area contributed by atoms with Crippen LogP contribution >= 0.6 is 0 Å². The molecule has 3 aromatic carbocycles. The van der Waals surface area contributed by atoms with Crippen molar-refractivity contribution in [2.24, 2.45) is 0 Å². The van der Waals surface area contributed by atoms with Crippen LogP contribution in [0.5, 0.6) is 0 Å². The van der Waals surface area contributed by atoms with Crippen molar-refractivity contribution in [1.29, 1.82) is 0 Å². The highest BCUT2D eigenvalue weighted by molar-refractivity contribution is 7.96. The van der Waals surface area contributed by atoms with Gasteiger partial charge in [0.05, 0.1) is 21.8 Å². The average molecular weight is 737 g/mol. The van der Waals surface area contributed by atoms with Crippen LogP contribution in [0.15, 0.2) is 105 Å². The average Bonchev–Trinajstić information content (AvgIpc) is 3.78. The molecule has 0 fully saturated rings. The minimum absolute atomic E-state index is 0.175. The van der Waals surface area contributed by atoms with E-state index in [0.717, 1.165) is 6.42 Å². The van der Waals surface area contributed by atoms with Gasteiger partial charge in [-0.3, -0.25) is 14.3 Å². The Morgan fingerprint density at radius 3 is 2.55 bits per heavy atom. The second-order valence-electron chi connectivity index (χ2n) is 12.9. The van der Waals surface area contributed by atoms with E-state index in [1.807, 2.05) is 24.3 Å². The molecule has 2 amide bonds. The number of benzene rings is 3. The number of carbonyl (C=O) groups excluding carboxylic acids is 2. The summed E-state index contributed by atoms with van der Waals surface area (Å²) in [6.45, 7) is 1.71. The van der Waals surface area contributed by atoms with Crippen LogP contribution in [-0.4, -0.2) is 50.5 Å². The monoisotopic (exact) mass is 736 g/mol. The zero-order chi connectivity index (χ0) is 37.4. The first-order valence-electron chi connectivity index (χ1n) is 17.2. The maximum atomic E-state index is 13.9. The standard InChI is InChI=1S/C40H37FN4O7S/c1-4-33(46)40(48)45(3)32-22-35-30(36(38(47)42-2)37(51-35)23-13-15-26(41)16-14-23)21-29(32)24-9-8-10-25(19-24)39-43-31-20-27(17-18-34(31)52-39)44-53(49,50)28-11-6-5-7-12-28/h6,8-13,15,17-22,33,44,46H,4-5,7,14,16H2,1-3H3,(H,42,47). The molecular formula is C40H37FN4O7S. The van der Waals surface area contributed by atoms with Crippen molar-refractivity contribution in [2.45, 2.75) is 45.1 Å². The summed E-state index contributed by atoms with van der Waals surface area (Å²) in [5.74, 6) is -0.607. The van der Waals surface area contributed by atoms with Crippen LogP contribution in [0.3, 0.4) is 0 Å². The molecule has 272 valence electrons. The van der Waals surface area contributed by atoms with E-state index in [4.69, 9.17) is 8.83 Å². The lowest BCUT2D eigenvalue weighted by molar-refractivity contribution is -0.126. The molecule has 2 aliphatic carbocycles. The molecule has 11 nitrogen and oxygen atoms in total. The Labute approximate surface area is 305 Å². The van der Waals surface area contributed by atoms with E-state index < -0.39 is 27.9 Å². The van der Waals surface area contributed by atoms with Gasteiger partial charge in [0.2, 0.25) is 5.89 Å². The van der Waals surface area contributed by atoms with E-state index in [1.165, 1.54) is 18.0 Å². The number of nitrogens with zero attached hydrogens (tertiary/aromatic N) is 2. The number of carbonyl (C=O) groups is 2. The summed E-state index contributed by atoms with van der Waals surface area (Å²) in [5, 5.41) is 13.7. The highest BCUT2D eigenvalue weighted by Gasteiger charge is 2.28. The van der Waals surface area contributed by atoms with Crippen LogP contribution in [0.1, 0.15) is 55.1 Å². The number of rotatable bonds is 10. The highest BCUT2D eigenvalue weighted by Crippen LogP contribution is 2.42. The first kappa shape index (κ1) is 35.6. The van der Waals surface area contributed by atoms with Gasteiger partial charge in [-0.15, -0.1) is 0 Å². The summed E-state index contributed by atoms with van der Waals surface area (Å²) < 4.78 is 54.8. The number of fused-ring (bicyclic) bond motifs is 2. The number of aromatic nitrogens is 1. The SMILES string of the molecule is CCC(O)C(=O)N(C)c1cc2oc(C3=CC=C(F)CC3)c(C(=O)NC)c2cc1-c1cccc(-c2nc3cc(NS(=O)(=O)C4=CCCC=C4)ccc3o2)c1. The minimum atomic E-state index is -3.77. The van der Waals surface area contributed by atoms with Crippen molar-refractivity contribution in [1.82, 2.24) is 10.3 Å². The van der Waals surface area contributed by atoms with Crippen molar-refractivity contribution in [2.75, 3.05) is 23.7 Å². The molecule has 2 heterocycles. The molecule has 0 radical (unpaired) electrons. The Morgan fingerprint density at radius 2 is 1.83 bits per heavy atom. The van der Waals surface area contributed by atoms with Crippen molar-refractivity contribution in [3.8, 4) is 22.6 Å². The molecular weight excluding hydrogens is 700 g/mol. The third kappa shape index (κ3) is 6.92. The fourth-order valence-corrected chi connectivity index (χ4v) is 7.64. The second-order valence-corrected chi connectivity index (χ2v) is 14.5. The minimum Gasteiger partial charge on any atom is -0.455 e. The summed E-state index contributed by atoms with van der Waals surface area (Å²) in [6.07, 6.45) is 8.97. The van der Waals surface area contributed by atoms with Crippen LogP contribution in [0.25, 0.3) is 50.2 Å². The quantitative estimate of drug-likeness (QED) is 0.130. The number of sulfonamides is 1. The van der Waals surface area contributed by atoms with Crippen molar-refractivity contribution in [3.05, 3.63) is 107 Å². The Kier molecular flexibility index (Phi) is 9.62. The van der Waals surface area contributed by atoms with Crippen molar-refractivity contribution in [3.63, 3.8) is 0 Å². The van der Waals surface area contributed by atoms with Gasteiger partial charge in [-0.05, 0) is 85.4 Å². The fraction of sp³-hybridized carbons (Fsp3) is 0.225. The molecule has 13 heteroatoms. The van der Waals surface area contributed by atoms with Gasteiger partial charge < -0.3 is 24.2 Å². The molecule has 5 aromatic rings. The first-order chi connectivity index (χ1) is 25.5. The van der Waals surface area contributed by atoms with Gasteiger partial charge in [-0.2, -0.15) is 0 Å². The number of amides is 2. The Hall–Kier alpha value is -5.79. The summed E-state index contributed by atoms with van der Waals surface area (Å²) >= 11 is 0. The van der Waals surface area contributed by atoms with Gasteiger partial charge >= 0.3 is 0 Å². The van der Waals surface area contributed by atoms with E-state index >= 15 is 0 Å². The van der Waals surface area contributed by atoms with Gasteiger partial charge in [0, 0.05) is 43.1 Å². The molecule has 0 spiro atoms. The maximum Gasteiger partial charge on any atom is 0.261 e. The van der Waals surface area contributed by atoms with Crippen molar-refractivity contribution < 1.29 is 36.3 Å². The van der Waals surface area contributed by atoms with Gasteiger partial charge in [0.25, 0.3) is 21.8 Å². The van der Waals surface area contributed by atoms with Gasteiger partial charge in [0.1, 0.15) is 28.8 Å². The Balaban J connectivity index is 1.33. The van der Waals surface area contributed by atoms with Crippen molar-refractivity contribution >= 4 is 60.9 Å². The normalized spacial score (nSPS) is 15.2. The summed E-state index contributed by atoms with van der Waals surface area (Å²) in [5.41, 5.74) is 4.68. The Bertz CT molecular complexity index is 2530. The zero-order valence-electron chi connectivity index (χ0n) is 29.3. The predicted octanol–water partition coefficient (Wildman–Crippen LogP) is 8.01. The first-order valence-corrected chi connectivity index (χ1v) is 18.7. The number of halogens is 1. The zero-order valence-corrected chi connectivity index (χ0v) is 30.1. The summed E-state index contributed by atoms with van der Waals surface area (Å²) in [7, 11) is -0.700. The second kappa shape index (κ2) is 14.3. The number of furan rings is 1. The van der Waals surface area contributed by atoms with E-state index in [-0.39, 0.29) is 35.0 Å². The van der Waals surface area contributed by atoms with E-state index in [2.05, 4.69) is 15.0 Å². The summed E-state index contributed by atoms with van der Waals surface area (Å²) in [6, 6.07) is 15.6. The predicted molar refractivity (Wildman–Crippen MR) is 203 cm³/mol. The third-order valence-electron chi connectivity index (χ3n) is 9.35. The van der Waals surface area contributed by atoms with E-state index in [0.29, 0.717) is 74.3 Å². The number of oxazole rings is 1. The van der Waals surface area contributed by atoms with Gasteiger partial charge in [-0.25, -0.2) is 17.8 Å². The number of hydrogen-bond acceptors (Lipinski definition) is 8. The molecule has 7 rings (SSSR count). The highest BCUT2D eigenvalue weighted by atomic mass is 32.2. The molecule has 2 aromatic heterocycles. The number of nitrogens with one attached hydrogen (secondary N) is 2. The summed E-state index contributed by atoms with van der Waals surface area (Å²) in [4.78, 5) is 33.0. The fourth-order valence-electron chi connectivity index (χ4n) is 6.47. The molecule has 1 unspecified atom stereocenters. The molecule has 0 saturated heterocycles. The lowest BCUT2D eigenvalue weighted by atomic mass is 9.95. The van der Waals surface area contributed by atoms with Crippen LogP contribution in [0.2, 0.25) is 0 Å². The number of aliphatic hydroxyl groups is 1. The number of anilines is 2. The van der Waals surface area contributed by atoms with Gasteiger partial charge in [0.15, 0.2) is 5.58 Å². The third-order valence-corrected chi connectivity index (χ3v) is 10.8. The van der Waals surface area contributed by atoms with Crippen LogP contribution in [0.4, 0.5) is 15.8 Å². The molecule has 3 N–H and O–H groups in total. The van der Waals surface area contributed by atoms with E-state index in [1.54, 1.807) is 68.6 Å². The number of allylic oxidation sites excluding steroid dienone is 7. The Morgan fingerprint density at radius 1 is 1.02 bits per heavy atom.